The lowest BCUT2D eigenvalue weighted by Crippen LogP contribution is -3.06. The van der Waals surface area contributed by atoms with Crippen LogP contribution in [-0.4, -0.2) is 36.2 Å². The standard InChI is InChI=1S/C20H23N5O2/c1-12-19(13(2)27-24-12)14-4-5-15-10-22-18(9-17(15)8-14)23-20(26)16-6-7-25(11-16)21-3/h4-5,8-10,16,25H,6-7,11H2,1-3H3,(H,22,23,26)/t16-/m0/s1. The number of carbonyl (C=O) groups is 1. The summed E-state index contributed by atoms with van der Waals surface area (Å²) in [6.45, 7) is 5.49. The largest absolute Gasteiger partial charge is 0.457 e. The lowest BCUT2D eigenvalue weighted by molar-refractivity contribution is -0.848. The summed E-state index contributed by atoms with van der Waals surface area (Å²) < 4.78 is 5.28. The van der Waals surface area contributed by atoms with Gasteiger partial charge in [0.15, 0.2) is 0 Å². The van der Waals surface area contributed by atoms with Gasteiger partial charge in [0.2, 0.25) is 5.91 Å². The maximum absolute atomic E-state index is 12.5. The Labute approximate surface area is 157 Å². The van der Waals surface area contributed by atoms with Gasteiger partial charge in [0.05, 0.1) is 24.7 Å². The number of amides is 1. The summed E-state index contributed by atoms with van der Waals surface area (Å²) >= 11 is 0. The number of carbonyl (C=O) groups excluding carboxylic acids is 1. The van der Waals surface area contributed by atoms with Gasteiger partial charge in [0.25, 0.3) is 0 Å². The molecule has 27 heavy (non-hydrogen) atoms. The third-order valence-corrected chi connectivity index (χ3v) is 5.25. The van der Waals surface area contributed by atoms with Crippen LogP contribution in [0, 0.1) is 19.8 Å². The third kappa shape index (κ3) is 3.43. The Morgan fingerprint density at radius 3 is 2.85 bits per heavy atom. The molecule has 4 rings (SSSR count). The average molecular weight is 365 g/mol. The molecule has 7 nitrogen and oxygen atoms in total. The van der Waals surface area contributed by atoms with Crippen LogP contribution in [0.2, 0.25) is 0 Å². The molecule has 2 atom stereocenters. The highest BCUT2D eigenvalue weighted by Crippen LogP contribution is 2.30. The second-order valence-electron chi connectivity index (χ2n) is 7.05. The molecule has 1 unspecified atom stereocenters. The highest BCUT2D eigenvalue weighted by Gasteiger charge is 2.28. The van der Waals surface area contributed by atoms with E-state index in [4.69, 9.17) is 4.52 Å². The van der Waals surface area contributed by atoms with Crippen molar-refractivity contribution in [3.05, 3.63) is 47.3 Å². The summed E-state index contributed by atoms with van der Waals surface area (Å²) in [5.41, 5.74) is 7.14. The molecule has 2 N–H and O–H groups in total. The monoisotopic (exact) mass is 365 g/mol. The van der Waals surface area contributed by atoms with E-state index in [-0.39, 0.29) is 11.8 Å². The SMILES string of the molecule is C[N-][NH+]1CC[C@H](C(=O)Nc2cc3cc(-c4c(C)noc4C)ccc3cn2)C1. The van der Waals surface area contributed by atoms with Crippen molar-refractivity contribution in [3.8, 4) is 11.1 Å². The third-order valence-electron chi connectivity index (χ3n) is 5.25. The summed E-state index contributed by atoms with van der Waals surface area (Å²) in [5.74, 6) is 1.37. The Balaban J connectivity index is 1.59. The second-order valence-corrected chi connectivity index (χ2v) is 7.05. The van der Waals surface area contributed by atoms with Gasteiger partial charge in [0, 0.05) is 23.6 Å². The number of quaternary nitrogens is 1. The minimum atomic E-state index is -0.0187. The molecule has 3 aromatic rings. The van der Waals surface area contributed by atoms with E-state index in [2.05, 4.69) is 26.9 Å². The Hall–Kier alpha value is -2.77. The topological polar surface area (TPSA) is 86.6 Å². The Morgan fingerprint density at radius 1 is 1.30 bits per heavy atom. The van der Waals surface area contributed by atoms with Crippen molar-refractivity contribution in [1.29, 1.82) is 0 Å². The fraction of sp³-hybridized carbons (Fsp3) is 0.350. The molecule has 0 bridgehead atoms. The maximum Gasteiger partial charge on any atom is 0.234 e. The normalized spacial score (nSPS) is 19.5. The molecule has 1 fully saturated rings. The van der Waals surface area contributed by atoms with Crippen molar-refractivity contribution in [3.63, 3.8) is 0 Å². The zero-order chi connectivity index (χ0) is 19.0. The van der Waals surface area contributed by atoms with Gasteiger partial charge < -0.3 is 20.3 Å². The first-order chi connectivity index (χ1) is 13.0. The number of hydrogen-bond donors (Lipinski definition) is 2. The van der Waals surface area contributed by atoms with Crippen LogP contribution in [0.15, 0.2) is 35.0 Å². The highest BCUT2D eigenvalue weighted by molar-refractivity contribution is 5.95. The molecule has 1 aliphatic rings. The van der Waals surface area contributed by atoms with Crippen LogP contribution in [-0.2, 0) is 4.79 Å². The number of nitrogens with one attached hydrogen (secondary N) is 2. The van der Waals surface area contributed by atoms with Gasteiger partial charge in [-0.3, -0.25) is 4.79 Å². The van der Waals surface area contributed by atoms with Crippen molar-refractivity contribution >= 4 is 22.5 Å². The Kier molecular flexibility index (Phi) is 4.63. The van der Waals surface area contributed by atoms with Crippen molar-refractivity contribution in [2.75, 3.05) is 25.5 Å². The number of fused-ring (bicyclic) bond motifs is 1. The molecule has 1 saturated heterocycles. The predicted octanol–water partition coefficient (Wildman–Crippen LogP) is 2.27. The predicted molar refractivity (Wildman–Crippen MR) is 103 cm³/mol. The number of hydrogen-bond acceptors (Lipinski definition) is 4. The number of nitrogens with zero attached hydrogens (tertiary/aromatic N) is 3. The zero-order valence-corrected chi connectivity index (χ0v) is 15.7. The molecule has 1 aromatic carbocycles. The van der Waals surface area contributed by atoms with Gasteiger partial charge >= 0.3 is 0 Å². The van der Waals surface area contributed by atoms with Crippen LogP contribution >= 0.6 is 0 Å². The molecular formula is C20H23N5O2. The highest BCUT2D eigenvalue weighted by atomic mass is 16.5. The first-order valence-electron chi connectivity index (χ1n) is 9.13. The van der Waals surface area contributed by atoms with Crippen LogP contribution in [0.3, 0.4) is 0 Å². The second kappa shape index (κ2) is 7.09. The van der Waals surface area contributed by atoms with Crippen LogP contribution in [0.1, 0.15) is 17.9 Å². The van der Waals surface area contributed by atoms with Crippen molar-refractivity contribution in [2.45, 2.75) is 20.3 Å². The van der Waals surface area contributed by atoms with Gasteiger partial charge in [0.1, 0.15) is 11.6 Å². The smallest absolute Gasteiger partial charge is 0.234 e. The molecule has 2 aromatic heterocycles. The first kappa shape index (κ1) is 17.6. The van der Waals surface area contributed by atoms with E-state index in [9.17, 15) is 4.79 Å². The molecule has 0 radical (unpaired) electrons. The quantitative estimate of drug-likeness (QED) is 0.743. The first-order valence-corrected chi connectivity index (χ1v) is 9.13. The summed E-state index contributed by atoms with van der Waals surface area (Å²) in [6, 6.07) is 8.06. The molecule has 7 heteroatoms. The number of anilines is 1. The molecule has 1 amide bonds. The lowest BCUT2D eigenvalue weighted by atomic mass is 10.0. The lowest BCUT2D eigenvalue weighted by Gasteiger charge is -2.22. The molecule has 1 aliphatic heterocycles. The summed E-state index contributed by atoms with van der Waals surface area (Å²) in [6.07, 6.45) is 2.64. The van der Waals surface area contributed by atoms with Gasteiger partial charge in [-0.15, -0.1) is 7.05 Å². The van der Waals surface area contributed by atoms with Crippen LogP contribution in [0.4, 0.5) is 5.82 Å². The van der Waals surface area contributed by atoms with Gasteiger partial charge in [-0.2, -0.15) is 0 Å². The van der Waals surface area contributed by atoms with Crippen molar-refractivity contribution in [1.82, 2.24) is 10.1 Å². The van der Waals surface area contributed by atoms with Gasteiger partial charge in [-0.05, 0) is 36.9 Å². The minimum Gasteiger partial charge on any atom is -0.457 e. The van der Waals surface area contributed by atoms with Crippen LogP contribution in [0.25, 0.3) is 27.3 Å². The maximum atomic E-state index is 12.5. The number of pyridine rings is 1. The van der Waals surface area contributed by atoms with Crippen molar-refractivity contribution in [2.24, 2.45) is 5.92 Å². The minimum absolute atomic E-state index is 0.0161. The molecule has 3 heterocycles. The molecule has 0 spiro atoms. The van der Waals surface area contributed by atoms with E-state index in [1.807, 2.05) is 32.0 Å². The number of rotatable bonds is 4. The summed E-state index contributed by atoms with van der Waals surface area (Å²) in [7, 11) is 1.79. The van der Waals surface area contributed by atoms with Gasteiger partial charge in [-0.25, -0.2) is 4.98 Å². The van der Waals surface area contributed by atoms with E-state index < -0.39 is 0 Å². The Bertz CT molecular complexity index is 978. The summed E-state index contributed by atoms with van der Waals surface area (Å²) in [5, 5.41) is 10.1. The number of aryl methyl sites for hydroxylation is 2. The van der Waals surface area contributed by atoms with E-state index in [0.717, 1.165) is 57.9 Å². The van der Waals surface area contributed by atoms with E-state index >= 15 is 0 Å². The van der Waals surface area contributed by atoms with E-state index in [0.29, 0.717) is 5.82 Å². The average Bonchev–Trinajstić information content (AvgIpc) is 3.28. The van der Waals surface area contributed by atoms with Crippen molar-refractivity contribution < 1.29 is 14.3 Å². The molecule has 0 aliphatic carbocycles. The summed E-state index contributed by atoms with van der Waals surface area (Å²) in [4.78, 5) is 16.9. The number of aromatic nitrogens is 2. The Morgan fingerprint density at radius 2 is 2.15 bits per heavy atom. The fourth-order valence-corrected chi connectivity index (χ4v) is 3.74. The molecular weight excluding hydrogens is 342 g/mol. The van der Waals surface area contributed by atoms with Crippen LogP contribution in [0.5, 0.6) is 0 Å². The van der Waals surface area contributed by atoms with E-state index in [1.165, 1.54) is 0 Å². The number of benzene rings is 1. The molecule has 140 valence electrons. The van der Waals surface area contributed by atoms with Crippen LogP contribution < -0.4 is 10.3 Å². The van der Waals surface area contributed by atoms with E-state index in [1.54, 1.807) is 13.2 Å². The molecule has 0 saturated carbocycles. The zero-order valence-electron chi connectivity index (χ0n) is 15.7. The fourth-order valence-electron chi connectivity index (χ4n) is 3.74. The van der Waals surface area contributed by atoms with Gasteiger partial charge in [-0.1, -0.05) is 17.3 Å².